The van der Waals surface area contributed by atoms with Crippen LogP contribution in [0.3, 0.4) is 0 Å². The Labute approximate surface area is 188 Å². The Hall–Kier alpha value is -4.27. The topological polar surface area (TPSA) is 85.8 Å². The van der Waals surface area contributed by atoms with Gasteiger partial charge in [0.2, 0.25) is 5.91 Å². The van der Waals surface area contributed by atoms with Gasteiger partial charge in [0, 0.05) is 37.3 Å². The predicted molar refractivity (Wildman–Crippen MR) is 120 cm³/mol. The van der Waals surface area contributed by atoms with Gasteiger partial charge in [-0.25, -0.2) is 8.91 Å². The van der Waals surface area contributed by atoms with E-state index in [1.54, 1.807) is 23.8 Å². The minimum absolute atomic E-state index is 0.108. The van der Waals surface area contributed by atoms with Gasteiger partial charge in [0.15, 0.2) is 5.65 Å². The summed E-state index contributed by atoms with van der Waals surface area (Å²) in [4.78, 5) is 12.3. The van der Waals surface area contributed by atoms with Crippen LogP contribution in [0.4, 0.5) is 4.39 Å². The molecule has 0 spiro atoms. The van der Waals surface area contributed by atoms with Crippen molar-refractivity contribution >= 4 is 17.1 Å². The Kier molecular flexibility index (Phi) is 5.43. The number of carbonyl (C=O) groups is 1. The van der Waals surface area contributed by atoms with E-state index in [0.29, 0.717) is 24.4 Å². The van der Waals surface area contributed by atoms with Crippen molar-refractivity contribution in [2.24, 2.45) is 0 Å². The Bertz CT molecular complexity index is 1420. The van der Waals surface area contributed by atoms with Crippen molar-refractivity contribution in [2.75, 3.05) is 7.11 Å². The highest BCUT2D eigenvalue weighted by Crippen LogP contribution is 2.24. The molecule has 9 heteroatoms. The average molecular weight is 444 g/mol. The monoisotopic (exact) mass is 444 g/mol. The van der Waals surface area contributed by atoms with Crippen molar-refractivity contribution in [3.05, 3.63) is 84.2 Å². The van der Waals surface area contributed by atoms with Crippen LogP contribution in [0, 0.1) is 5.82 Å². The third-order valence-electron chi connectivity index (χ3n) is 5.45. The van der Waals surface area contributed by atoms with Crippen molar-refractivity contribution < 1.29 is 13.9 Å². The van der Waals surface area contributed by atoms with Crippen LogP contribution in [-0.2, 0) is 17.8 Å². The minimum atomic E-state index is -0.299. The molecule has 3 heterocycles. The molecule has 5 aromatic rings. The molecule has 1 amide bonds. The summed E-state index contributed by atoms with van der Waals surface area (Å²) in [5, 5.41) is 16.1. The van der Waals surface area contributed by atoms with E-state index in [2.05, 4.69) is 20.6 Å². The molecule has 0 atom stereocenters. The third kappa shape index (κ3) is 4.25. The first-order chi connectivity index (χ1) is 16.1. The Morgan fingerprint density at radius 3 is 2.61 bits per heavy atom. The van der Waals surface area contributed by atoms with Gasteiger partial charge in [0.25, 0.3) is 0 Å². The van der Waals surface area contributed by atoms with Crippen LogP contribution in [0.5, 0.6) is 5.75 Å². The molecule has 33 heavy (non-hydrogen) atoms. The fraction of sp³-hybridized carbons (Fsp3) is 0.167. The van der Waals surface area contributed by atoms with Crippen LogP contribution in [0.2, 0.25) is 0 Å². The highest BCUT2D eigenvalue weighted by molar-refractivity contribution is 5.77. The quantitative estimate of drug-likeness (QED) is 0.416. The number of ether oxygens (including phenoxy) is 1. The molecule has 0 saturated heterocycles. The third-order valence-corrected chi connectivity index (χ3v) is 5.45. The second-order valence-corrected chi connectivity index (χ2v) is 7.60. The van der Waals surface area contributed by atoms with Gasteiger partial charge < -0.3 is 10.1 Å². The zero-order valence-corrected chi connectivity index (χ0v) is 17.9. The number of benzene rings is 2. The van der Waals surface area contributed by atoms with E-state index < -0.39 is 0 Å². The lowest BCUT2D eigenvalue weighted by Crippen LogP contribution is -2.23. The molecule has 0 radical (unpaired) electrons. The SMILES string of the molecule is COc1ccc(-c2cc3c4nnc(CCC(=O)NCc5ccc(F)cc5)n4ccn3n2)cc1. The zero-order valence-electron chi connectivity index (χ0n) is 17.9. The van der Waals surface area contributed by atoms with Gasteiger partial charge in [0.1, 0.15) is 22.9 Å². The molecule has 0 aliphatic carbocycles. The van der Waals surface area contributed by atoms with Gasteiger partial charge in [-0.15, -0.1) is 10.2 Å². The molecule has 0 aliphatic rings. The van der Waals surface area contributed by atoms with Crippen LogP contribution in [0.15, 0.2) is 67.0 Å². The maximum atomic E-state index is 13.0. The minimum Gasteiger partial charge on any atom is -0.497 e. The molecule has 3 aromatic heterocycles. The van der Waals surface area contributed by atoms with E-state index in [9.17, 15) is 9.18 Å². The summed E-state index contributed by atoms with van der Waals surface area (Å²) in [7, 11) is 1.63. The summed E-state index contributed by atoms with van der Waals surface area (Å²) in [6.45, 7) is 0.351. The number of hydrogen-bond donors (Lipinski definition) is 1. The molecule has 5 rings (SSSR count). The largest absolute Gasteiger partial charge is 0.497 e. The summed E-state index contributed by atoms with van der Waals surface area (Å²) in [6.07, 6.45) is 4.39. The molecule has 0 aliphatic heterocycles. The first kappa shape index (κ1) is 20.6. The van der Waals surface area contributed by atoms with Crippen molar-refractivity contribution in [1.29, 1.82) is 0 Å². The molecule has 0 fully saturated rings. The van der Waals surface area contributed by atoms with Gasteiger partial charge in [-0.1, -0.05) is 12.1 Å². The summed E-state index contributed by atoms with van der Waals surface area (Å²) in [6, 6.07) is 15.7. The Balaban J connectivity index is 1.30. The van der Waals surface area contributed by atoms with E-state index in [4.69, 9.17) is 4.74 Å². The molecular weight excluding hydrogens is 423 g/mol. The first-order valence-electron chi connectivity index (χ1n) is 10.5. The van der Waals surface area contributed by atoms with Gasteiger partial charge in [0.05, 0.1) is 12.8 Å². The summed E-state index contributed by atoms with van der Waals surface area (Å²) in [5.74, 6) is 1.07. The van der Waals surface area contributed by atoms with Crippen molar-refractivity contribution in [2.45, 2.75) is 19.4 Å². The molecule has 166 valence electrons. The number of aryl methyl sites for hydroxylation is 1. The second kappa shape index (κ2) is 8.70. The lowest BCUT2D eigenvalue weighted by molar-refractivity contribution is -0.121. The van der Waals surface area contributed by atoms with E-state index in [1.165, 1.54) is 12.1 Å². The van der Waals surface area contributed by atoms with E-state index in [0.717, 1.165) is 28.1 Å². The molecule has 1 N–H and O–H groups in total. The second-order valence-electron chi connectivity index (χ2n) is 7.60. The number of nitrogens with one attached hydrogen (secondary N) is 1. The summed E-state index contributed by atoms with van der Waals surface area (Å²) >= 11 is 0. The molecule has 0 unspecified atom stereocenters. The van der Waals surface area contributed by atoms with Crippen LogP contribution in [0.25, 0.3) is 22.4 Å². The number of fused-ring (bicyclic) bond motifs is 3. The smallest absolute Gasteiger partial charge is 0.220 e. The number of methoxy groups -OCH3 is 1. The van der Waals surface area contributed by atoms with Crippen molar-refractivity contribution in [1.82, 2.24) is 29.5 Å². The van der Waals surface area contributed by atoms with Crippen molar-refractivity contribution in [3.63, 3.8) is 0 Å². The van der Waals surface area contributed by atoms with Gasteiger partial charge >= 0.3 is 0 Å². The lowest BCUT2D eigenvalue weighted by Gasteiger charge is -2.05. The van der Waals surface area contributed by atoms with Gasteiger partial charge in [-0.3, -0.25) is 9.20 Å². The molecule has 8 nitrogen and oxygen atoms in total. The Morgan fingerprint density at radius 2 is 1.85 bits per heavy atom. The standard InChI is InChI=1S/C24H21FN6O2/c1-33-19-8-4-17(5-9-19)20-14-21-24-28-27-22(30(24)12-13-31(21)29-20)10-11-23(32)26-15-16-2-6-18(25)7-3-16/h2-9,12-14H,10-11,15H2,1H3,(H,26,32). The fourth-order valence-corrected chi connectivity index (χ4v) is 3.65. The molecule has 0 bridgehead atoms. The first-order valence-corrected chi connectivity index (χ1v) is 10.5. The number of rotatable bonds is 7. The maximum Gasteiger partial charge on any atom is 0.220 e. The van der Waals surface area contributed by atoms with E-state index >= 15 is 0 Å². The van der Waals surface area contributed by atoms with Gasteiger partial charge in [-0.05, 0) is 48.0 Å². The highest BCUT2D eigenvalue weighted by Gasteiger charge is 2.14. The molecule has 2 aromatic carbocycles. The number of amides is 1. The number of aromatic nitrogens is 5. The number of hydrogen-bond acceptors (Lipinski definition) is 5. The van der Waals surface area contributed by atoms with Gasteiger partial charge in [-0.2, -0.15) is 5.10 Å². The number of halogens is 1. The number of carbonyl (C=O) groups excluding carboxylic acids is 1. The van der Waals surface area contributed by atoms with E-state index in [-0.39, 0.29) is 18.1 Å². The van der Waals surface area contributed by atoms with Crippen LogP contribution < -0.4 is 10.1 Å². The number of nitrogens with zero attached hydrogens (tertiary/aromatic N) is 5. The average Bonchev–Trinajstić information content (AvgIpc) is 3.46. The van der Waals surface area contributed by atoms with Crippen LogP contribution in [-0.4, -0.2) is 37.2 Å². The summed E-state index contributed by atoms with van der Waals surface area (Å²) in [5.41, 5.74) is 4.12. The van der Waals surface area contributed by atoms with E-state index in [1.807, 2.05) is 47.1 Å². The van der Waals surface area contributed by atoms with Crippen LogP contribution in [0.1, 0.15) is 17.8 Å². The predicted octanol–water partition coefficient (Wildman–Crippen LogP) is 3.44. The highest BCUT2D eigenvalue weighted by atomic mass is 19.1. The van der Waals surface area contributed by atoms with Crippen LogP contribution >= 0.6 is 0 Å². The molecular formula is C24H21FN6O2. The fourth-order valence-electron chi connectivity index (χ4n) is 3.65. The maximum absolute atomic E-state index is 13.0. The van der Waals surface area contributed by atoms with Crippen molar-refractivity contribution in [3.8, 4) is 17.0 Å². The summed E-state index contributed by atoms with van der Waals surface area (Å²) < 4.78 is 21.9. The lowest BCUT2D eigenvalue weighted by atomic mass is 10.1. The Morgan fingerprint density at radius 1 is 1.06 bits per heavy atom. The normalized spacial score (nSPS) is 11.2. The zero-order chi connectivity index (χ0) is 22.8. The molecule has 0 saturated carbocycles.